The summed E-state index contributed by atoms with van der Waals surface area (Å²) in [6.07, 6.45) is 0.123. The first-order valence-electron chi connectivity index (χ1n) is 7.98. The van der Waals surface area contributed by atoms with Gasteiger partial charge in [-0.2, -0.15) is 0 Å². The summed E-state index contributed by atoms with van der Waals surface area (Å²) in [7, 11) is -2.04. The summed E-state index contributed by atoms with van der Waals surface area (Å²) in [5, 5.41) is 2.76. The van der Waals surface area contributed by atoms with Gasteiger partial charge in [0.25, 0.3) is 5.91 Å². The number of para-hydroxylation sites is 2. The van der Waals surface area contributed by atoms with Gasteiger partial charge in [-0.15, -0.1) is 0 Å². The molecule has 0 saturated heterocycles. The number of amides is 1. The number of carbonyl (C=O) groups is 1. The van der Waals surface area contributed by atoms with E-state index < -0.39 is 22.0 Å². The van der Waals surface area contributed by atoms with Gasteiger partial charge in [-0.05, 0) is 36.8 Å². The topological polar surface area (TPSA) is 84.9 Å². The highest BCUT2D eigenvalue weighted by molar-refractivity contribution is 7.92. The summed E-state index contributed by atoms with van der Waals surface area (Å²) in [6, 6.07) is 12.1. The van der Waals surface area contributed by atoms with Crippen molar-refractivity contribution in [1.29, 1.82) is 0 Å². The molecule has 1 amide bonds. The van der Waals surface area contributed by atoms with Gasteiger partial charge in [0.1, 0.15) is 11.5 Å². The molecule has 0 bridgehead atoms. The smallest absolute Gasteiger partial charge is 0.267 e. The highest BCUT2D eigenvalue weighted by atomic mass is 32.2. The average molecular weight is 376 g/mol. The predicted octanol–water partition coefficient (Wildman–Crippen LogP) is 2.17. The number of hydrogen-bond acceptors (Lipinski definition) is 5. The van der Waals surface area contributed by atoms with E-state index in [-0.39, 0.29) is 6.54 Å². The van der Waals surface area contributed by atoms with E-state index in [4.69, 9.17) is 9.47 Å². The molecule has 138 valence electrons. The number of sulfonamides is 1. The first kappa shape index (κ1) is 18.1. The maximum Gasteiger partial charge on any atom is 0.267 e. The average Bonchev–Trinajstić information content (AvgIpc) is 2.60. The number of carbonyl (C=O) groups excluding carboxylic acids is 1. The van der Waals surface area contributed by atoms with Crippen LogP contribution in [0.15, 0.2) is 42.5 Å². The Hall–Kier alpha value is -2.74. The Labute approximate surface area is 152 Å². The third kappa shape index (κ3) is 3.60. The fraction of sp³-hybridized carbons (Fsp3) is 0.278. The first-order chi connectivity index (χ1) is 12.3. The monoisotopic (exact) mass is 376 g/mol. The van der Waals surface area contributed by atoms with Crippen LogP contribution in [0.3, 0.4) is 0 Å². The highest BCUT2D eigenvalue weighted by Gasteiger charge is 2.35. The third-order valence-electron chi connectivity index (χ3n) is 4.04. The maximum atomic E-state index is 12.7. The molecule has 1 heterocycles. The Kier molecular flexibility index (Phi) is 4.78. The number of hydrogen-bond donors (Lipinski definition) is 1. The lowest BCUT2D eigenvalue weighted by Gasteiger charge is -2.33. The van der Waals surface area contributed by atoms with Crippen LogP contribution in [0.25, 0.3) is 0 Å². The summed E-state index contributed by atoms with van der Waals surface area (Å²) < 4.78 is 36.5. The predicted molar refractivity (Wildman–Crippen MR) is 99.4 cm³/mol. The normalized spacial score (nSPS) is 16.4. The molecule has 2 aromatic carbocycles. The van der Waals surface area contributed by atoms with Crippen LogP contribution in [0.5, 0.6) is 11.5 Å². The van der Waals surface area contributed by atoms with Crippen molar-refractivity contribution in [2.45, 2.75) is 13.0 Å². The fourth-order valence-electron chi connectivity index (χ4n) is 2.79. The van der Waals surface area contributed by atoms with Crippen molar-refractivity contribution in [1.82, 2.24) is 0 Å². The molecule has 1 atom stereocenters. The van der Waals surface area contributed by atoms with Gasteiger partial charge in [-0.1, -0.05) is 18.2 Å². The summed E-state index contributed by atoms with van der Waals surface area (Å²) in [4.78, 5) is 12.7. The van der Waals surface area contributed by atoms with Gasteiger partial charge < -0.3 is 14.8 Å². The van der Waals surface area contributed by atoms with Crippen molar-refractivity contribution >= 4 is 27.3 Å². The molecule has 1 N–H and O–H groups in total. The van der Waals surface area contributed by atoms with Crippen molar-refractivity contribution < 1.29 is 22.7 Å². The minimum Gasteiger partial charge on any atom is -0.495 e. The molecular formula is C18H20N2O5S. The molecule has 0 radical (unpaired) electrons. The van der Waals surface area contributed by atoms with E-state index in [1.54, 1.807) is 36.4 Å². The summed E-state index contributed by atoms with van der Waals surface area (Å²) in [6.45, 7) is 1.80. The molecule has 1 aliphatic rings. The van der Waals surface area contributed by atoms with Crippen LogP contribution < -0.4 is 19.1 Å². The summed E-state index contributed by atoms with van der Waals surface area (Å²) in [5.41, 5.74) is 1.88. The molecule has 0 unspecified atom stereocenters. The summed E-state index contributed by atoms with van der Waals surface area (Å²) in [5.74, 6) is 0.415. The van der Waals surface area contributed by atoms with Crippen LogP contribution in [0.1, 0.15) is 5.56 Å². The number of nitrogens with zero attached hydrogens (tertiary/aromatic N) is 1. The van der Waals surface area contributed by atoms with Crippen LogP contribution in [-0.4, -0.2) is 40.3 Å². The van der Waals surface area contributed by atoms with Crippen molar-refractivity contribution in [2.24, 2.45) is 0 Å². The molecule has 0 aliphatic carbocycles. The Morgan fingerprint density at radius 1 is 1.27 bits per heavy atom. The van der Waals surface area contributed by atoms with Crippen molar-refractivity contribution in [3.05, 3.63) is 48.0 Å². The second-order valence-corrected chi connectivity index (χ2v) is 7.97. The number of benzene rings is 2. The Bertz CT molecular complexity index is 942. The van der Waals surface area contributed by atoms with Crippen LogP contribution in [0.2, 0.25) is 0 Å². The number of rotatable bonds is 4. The number of aryl methyl sites for hydroxylation is 1. The van der Waals surface area contributed by atoms with Crippen LogP contribution in [-0.2, 0) is 14.8 Å². The Morgan fingerprint density at radius 3 is 2.69 bits per heavy atom. The van der Waals surface area contributed by atoms with E-state index in [2.05, 4.69) is 5.32 Å². The molecular weight excluding hydrogens is 356 g/mol. The Morgan fingerprint density at radius 2 is 2.00 bits per heavy atom. The van der Waals surface area contributed by atoms with Gasteiger partial charge in [-0.25, -0.2) is 8.42 Å². The van der Waals surface area contributed by atoms with Gasteiger partial charge in [0, 0.05) is 0 Å². The van der Waals surface area contributed by atoms with E-state index in [9.17, 15) is 13.2 Å². The van der Waals surface area contributed by atoms with Crippen LogP contribution >= 0.6 is 0 Å². The lowest BCUT2D eigenvalue weighted by Crippen LogP contribution is -2.48. The molecule has 8 heteroatoms. The molecule has 2 aromatic rings. The molecule has 3 rings (SSSR count). The maximum absolute atomic E-state index is 12.7. The van der Waals surface area contributed by atoms with Gasteiger partial charge in [0.15, 0.2) is 6.10 Å². The number of nitrogens with one attached hydrogen (secondary N) is 1. The molecule has 0 spiro atoms. The minimum atomic E-state index is -3.55. The molecule has 0 fully saturated rings. The molecule has 1 aliphatic heterocycles. The zero-order valence-electron chi connectivity index (χ0n) is 14.7. The van der Waals surface area contributed by atoms with Gasteiger partial charge in [0.05, 0.1) is 31.3 Å². The molecule has 7 nitrogen and oxygen atoms in total. The van der Waals surface area contributed by atoms with Crippen LogP contribution in [0, 0.1) is 6.92 Å². The number of anilines is 2. The van der Waals surface area contributed by atoms with Crippen molar-refractivity contribution in [2.75, 3.05) is 29.5 Å². The van der Waals surface area contributed by atoms with E-state index in [0.717, 1.165) is 11.8 Å². The van der Waals surface area contributed by atoms with Gasteiger partial charge in [0.2, 0.25) is 10.0 Å². The second kappa shape index (κ2) is 6.87. The number of methoxy groups -OCH3 is 1. The summed E-state index contributed by atoms with van der Waals surface area (Å²) >= 11 is 0. The first-order valence-corrected chi connectivity index (χ1v) is 9.83. The number of ether oxygens (including phenoxy) is 2. The minimum absolute atomic E-state index is 0.101. The molecule has 0 saturated carbocycles. The zero-order chi connectivity index (χ0) is 18.9. The molecule has 26 heavy (non-hydrogen) atoms. The fourth-order valence-corrected chi connectivity index (χ4v) is 3.70. The lowest BCUT2D eigenvalue weighted by molar-refractivity contribution is -0.122. The van der Waals surface area contributed by atoms with Crippen molar-refractivity contribution in [3.8, 4) is 11.5 Å². The quantitative estimate of drug-likeness (QED) is 0.884. The standard InChI is InChI=1S/C18H20N2O5S/c1-12-8-9-15(24-2)13(10-12)19-18(21)17-11-20(26(3,22)23)14-6-4-5-7-16(14)25-17/h4-10,17H,11H2,1-3H3,(H,19,21)/t17-/m0/s1. The second-order valence-electron chi connectivity index (χ2n) is 6.06. The lowest BCUT2D eigenvalue weighted by atomic mass is 10.2. The van der Waals surface area contributed by atoms with Gasteiger partial charge in [-0.3, -0.25) is 9.10 Å². The van der Waals surface area contributed by atoms with Crippen molar-refractivity contribution in [3.63, 3.8) is 0 Å². The van der Waals surface area contributed by atoms with Gasteiger partial charge >= 0.3 is 0 Å². The third-order valence-corrected chi connectivity index (χ3v) is 5.19. The van der Waals surface area contributed by atoms with E-state index in [0.29, 0.717) is 22.9 Å². The van der Waals surface area contributed by atoms with Crippen LogP contribution in [0.4, 0.5) is 11.4 Å². The number of fused-ring (bicyclic) bond motifs is 1. The van der Waals surface area contributed by atoms with E-state index >= 15 is 0 Å². The highest BCUT2D eigenvalue weighted by Crippen LogP contribution is 2.35. The largest absolute Gasteiger partial charge is 0.495 e. The Balaban J connectivity index is 1.89. The van der Waals surface area contributed by atoms with E-state index in [1.165, 1.54) is 11.4 Å². The molecule has 0 aromatic heterocycles. The zero-order valence-corrected chi connectivity index (χ0v) is 15.5. The van der Waals surface area contributed by atoms with E-state index in [1.807, 2.05) is 13.0 Å². The SMILES string of the molecule is COc1ccc(C)cc1NC(=O)[C@@H]1CN(S(C)(=O)=O)c2ccccc2O1.